The Morgan fingerprint density at radius 3 is 2.26 bits per heavy atom. The molecule has 134 valence electrons. The van der Waals surface area contributed by atoms with Crippen LogP contribution in [0.1, 0.15) is 90.9 Å². The maximum atomic E-state index is 5.97. The lowest BCUT2D eigenvalue weighted by Gasteiger charge is -2.26. The SMILES string of the molecule is CC/C=C/CCCCCCCCCCCC1N=CCN1C(C)N. The van der Waals surface area contributed by atoms with E-state index in [1.54, 1.807) is 0 Å². The van der Waals surface area contributed by atoms with Gasteiger partial charge in [-0.1, -0.05) is 64.0 Å². The van der Waals surface area contributed by atoms with Crippen molar-refractivity contribution in [3.8, 4) is 0 Å². The highest BCUT2D eigenvalue weighted by Crippen LogP contribution is 2.17. The summed E-state index contributed by atoms with van der Waals surface area (Å²) in [5.41, 5.74) is 5.97. The van der Waals surface area contributed by atoms with E-state index >= 15 is 0 Å². The first-order valence-corrected chi connectivity index (χ1v) is 9.93. The van der Waals surface area contributed by atoms with Crippen LogP contribution >= 0.6 is 0 Å². The standard InChI is InChI=1S/C20H39N3/c1-3-4-5-6-7-8-9-10-11-12-13-14-15-16-20-22-17-18-23(20)19(2)21/h4-5,17,19-20H,3,6-16,18,21H2,1-2H3/b5-4+. The molecule has 3 heteroatoms. The number of rotatable bonds is 14. The Hall–Kier alpha value is -0.670. The van der Waals surface area contributed by atoms with Gasteiger partial charge in [0, 0.05) is 12.8 Å². The van der Waals surface area contributed by atoms with Crippen LogP contribution in [0.2, 0.25) is 0 Å². The molecule has 0 radical (unpaired) electrons. The smallest absolute Gasteiger partial charge is 0.103 e. The van der Waals surface area contributed by atoms with E-state index in [4.69, 9.17) is 5.73 Å². The van der Waals surface area contributed by atoms with Gasteiger partial charge in [-0.3, -0.25) is 9.89 Å². The fraction of sp³-hybridized carbons (Fsp3) is 0.850. The normalized spacial score (nSPS) is 19.9. The van der Waals surface area contributed by atoms with Crippen LogP contribution in [0.15, 0.2) is 17.1 Å². The predicted molar refractivity (Wildman–Crippen MR) is 103 cm³/mol. The maximum absolute atomic E-state index is 5.97. The fourth-order valence-corrected chi connectivity index (χ4v) is 3.26. The van der Waals surface area contributed by atoms with Gasteiger partial charge >= 0.3 is 0 Å². The minimum Gasteiger partial charge on any atom is -0.316 e. The van der Waals surface area contributed by atoms with Gasteiger partial charge < -0.3 is 5.73 Å². The minimum absolute atomic E-state index is 0.125. The highest BCUT2D eigenvalue weighted by Gasteiger charge is 2.22. The summed E-state index contributed by atoms with van der Waals surface area (Å²) < 4.78 is 0. The summed E-state index contributed by atoms with van der Waals surface area (Å²) in [6, 6.07) is 0. The lowest BCUT2D eigenvalue weighted by Crippen LogP contribution is -2.43. The van der Waals surface area contributed by atoms with Crippen molar-refractivity contribution >= 4 is 6.21 Å². The van der Waals surface area contributed by atoms with E-state index in [2.05, 4.69) is 35.9 Å². The number of unbranched alkanes of at least 4 members (excludes halogenated alkanes) is 9. The Bertz CT molecular complexity index is 323. The third-order valence-electron chi connectivity index (χ3n) is 4.71. The summed E-state index contributed by atoms with van der Waals surface area (Å²) >= 11 is 0. The van der Waals surface area contributed by atoms with Gasteiger partial charge in [-0.15, -0.1) is 0 Å². The molecule has 1 rings (SSSR count). The van der Waals surface area contributed by atoms with Crippen LogP contribution in [0.4, 0.5) is 0 Å². The highest BCUT2D eigenvalue weighted by molar-refractivity contribution is 5.62. The molecule has 1 aliphatic rings. The lowest BCUT2D eigenvalue weighted by molar-refractivity contribution is 0.182. The van der Waals surface area contributed by atoms with E-state index in [1.165, 1.54) is 77.0 Å². The van der Waals surface area contributed by atoms with Crippen molar-refractivity contribution in [2.24, 2.45) is 10.7 Å². The predicted octanol–water partition coefficient (Wildman–Crippen LogP) is 5.26. The van der Waals surface area contributed by atoms with Crippen molar-refractivity contribution in [1.29, 1.82) is 0 Å². The van der Waals surface area contributed by atoms with E-state index in [0.717, 1.165) is 6.54 Å². The molecule has 1 heterocycles. The van der Waals surface area contributed by atoms with Crippen molar-refractivity contribution in [2.75, 3.05) is 6.54 Å². The molecule has 0 saturated heterocycles. The molecule has 2 N–H and O–H groups in total. The Balaban J connectivity index is 1.83. The summed E-state index contributed by atoms with van der Waals surface area (Å²) in [7, 11) is 0. The van der Waals surface area contributed by atoms with Gasteiger partial charge in [-0.25, -0.2) is 0 Å². The Kier molecular flexibility index (Phi) is 12.2. The number of hydrogen-bond acceptors (Lipinski definition) is 3. The monoisotopic (exact) mass is 321 g/mol. The number of nitrogens with zero attached hydrogens (tertiary/aromatic N) is 2. The number of allylic oxidation sites excluding steroid dienone is 2. The molecule has 0 saturated carbocycles. The Morgan fingerprint density at radius 1 is 1.04 bits per heavy atom. The van der Waals surface area contributed by atoms with Gasteiger partial charge in [0.2, 0.25) is 0 Å². The third-order valence-corrected chi connectivity index (χ3v) is 4.71. The Morgan fingerprint density at radius 2 is 1.65 bits per heavy atom. The molecule has 0 aromatic rings. The average molecular weight is 322 g/mol. The van der Waals surface area contributed by atoms with E-state index in [1.807, 2.05) is 6.21 Å². The van der Waals surface area contributed by atoms with Crippen LogP contribution in [0.3, 0.4) is 0 Å². The van der Waals surface area contributed by atoms with Crippen molar-refractivity contribution < 1.29 is 0 Å². The minimum atomic E-state index is 0.125. The van der Waals surface area contributed by atoms with Gasteiger partial charge in [0.25, 0.3) is 0 Å². The topological polar surface area (TPSA) is 41.6 Å². The van der Waals surface area contributed by atoms with Crippen LogP contribution in [-0.2, 0) is 0 Å². The van der Waals surface area contributed by atoms with Gasteiger partial charge in [0.15, 0.2) is 0 Å². The number of aliphatic imine (C=N–C) groups is 1. The zero-order valence-electron chi connectivity index (χ0n) is 15.6. The average Bonchev–Trinajstić information content (AvgIpc) is 3.00. The molecule has 0 fully saturated rings. The van der Waals surface area contributed by atoms with Crippen molar-refractivity contribution in [2.45, 2.75) is 103 Å². The van der Waals surface area contributed by atoms with Crippen molar-refractivity contribution in [3.05, 3.63) is 12.2 Å². The molecule has 1 aliphatic heterocycles. The van der Waals surface area contributed by atoms with E-state index in [9.17, 15) is 0 Å². The molecule has 0 spiro atoms. The zero-order chi connectivity index (χ0) is 16.8. The quantitative estimate of drug-likeness (QED) is 0.350. The molecule has 3 nitrogen and oxygen atoms in total. The van der Waals surface area contributed by atoms with E-state index < -0.39 is 0 Å². The van der Waals surface area contributed by atoms with E-state index in [0.29, 0.717) is 6.17 Å². The summed E-state index contributed by atoms with van der Waals surface area (Å²) in [4.78, 5) is 6.84. The summed E-state index contributed by atoms with van der Waals surface area (Å²) in [5, 5.41) is 0. The first-order valence-electron chi connectivity index (χ1n) is 9.93. The first-order chi connectivity index (χ1) is 11.3. The zero-order valence-corrected chi connectivity index (χ0v) is 15.6. The molecule has 0 aliphatic carbocycles. The molecule has 2 unspecified atom stereocenters. The fourth-order valence-electron chi connectivity index (χ4n) is 3.26. The number of nitrogens with two attached hydrogens (primary N) is 1. The third kappa shape index (κ3) is 9.93. The number of hydrogen-bond donors (Lipinski definition) is 1. The van der Waals surface area contributed by atoms with Crippen LogP contribution in [0.25, 0.3) is 0 Å². The molecule has 0 aromatic heterocycles. The molecule has 2 atom stereocenters. The van der Waals surface area contributed by atoms with Crippen LogP contribution < -0.4 is 5.73 Å². The van der Waals surface area contributed by atoms with Gasteiger partial charge in [0.1, 0.15) is 6.17 Å². The molecular formula is C20H39N3. The van der Waals surface area contributed by atoms with Gasteiger partial charge in [0.05, 0.1) is 6.17 Å². The van der Waals surface area contributed by atoms with Crippen LogP contribution in [0, 0.1) is 0 Å². The van der Waals surface area contributed by atoms with Gasteiger partial charge in [-0.05, 0) is 39.0 Å². The molecular weight excluding hydrogens is 282 g/mol. The summed E-state index contributed by atoms with van der Waals surface area (Å²) in [5.74, 6) is 0. The van der Waals surface area contributed by atoms with Gasteiger partial charge in [-0.2, -0.15) is 0 Å². The van der Waals surface area contributed by atoms with E-state index in [-0.39, 0.29) is 6.17 Å². The second-order valence-electron chi connectivity index (χ2n) is 6.89. The Labute approximate surface area is 144 Å². The van der Waals surface area contributed by atoms with Crippen molar-refractivity contribution in [1.82, 2.24) is 4.90 Å². The van der Waals surface area contributed by atoms with Crippen LogP contribution in [0.5, 0.6) is 0 Å². The second-order valence-corrected chi connectivity index (χ2v) is 6.89. The largest absolute Gasteiger partial charge is 0.316 e. The molecule has 0 bridgehead atoms. The first kappa shape index (κ1) is 20.4. The maximum Gasteiger partial charge on any atom is 0.103 e. The summed E-state index contributed by atoms with van der Waals surface area (Å²) in [6.45, 7) is 5.19. The molecule has 0 amide bonds. The summed E-state index contributed by atoms with van der Waals surface area (Å²) in [6.07, 6.45) is 23.2. The lowest BCUT2D eigenvalue weighted by atomic mass is 10.0. The molecule has 23 heavy (non-hydrogen) atoms. The highest BCUT2D eigenvalue weighted by atomic mass is 15.3. The molecule has 0 aromatic carbocycles. The van der Waals surface area contributed by atoms with Crippen molar-refractivity contribution in [3.63, 3.8) is 0 Å². The second kappa shape index (κ2) is 13.7. The van der Waals surface area contributed by atoms with Crippen LogP contribution in [-0.4, -0.2) is 30.0 Å².